The van der Waals surface area contributed by atoms with E-state index in [1.165, 1.54) is 44.9 Å². The summed E-state index contributed by atoms with van der Waals surface area (Å²) in [5, 5.41) is 6.41. The van der Waals surface area contributed by atoms with Gasteiger partial charge in [0.15, 0.2) is 0 Å². The van der Waals surface area contributed by atoms with Crippen molar-refractivity contribution in [2.45, 2.75) is 70.4 Å². The van der Waals surface area contributed by atoms with Crippen LogP contribution in [0.25, 0.3) is 0 Å². The number of hydrogen-bond acceptors (Lipinski definition) is 3. The predicted molar refractivity (Wildman–Crippen MR) is 101 cm³/mol. The van der Waals surface area contributed by atoms with Crippen LogP contribution in [0.3, 0.4) is 0 Å². The molecule has 4 nitrogen and oxygen atoms in total. The first-order valence-electron chi connectivity index (χ1n) is 10.0. The Morgan fingerprint density at radius 1 is 1.04 bits per heavy atom. The summed E-state index contributed by atoms with van der Waals surface area (Å²) in [6.45, 7) is 2.80. The summed E-state index contributed by atoms with van der Waals surface area (Å²) in [5.41, 5.74) is 1.13. The quantitative estimate of drug-likeness (QED) is 0.791. The maximum absolute atomic E-state index is 12.0. The normalized spacial score (nSPS) is 19.5. The lowest BCUT2D eigenvalue weighted by Crippen LogP contribution is -2.29. The molecule has 1 aromatic rings. The fourth-order valence-corrected chi connectivity index (χ4v) is 3.86. The first-order valence-corrected chi connectivity index (χ1v) is 10.0. The van der Waals surface area contributed by atoms with Crippen molar-refractivity contribution in [1.29, 1.82) is 0 Å². The number of piperidine rings is 1. The van der Waals surface area contributed by atoms with Gasteiger partial charge in [0.05, 0.1) is 6.10 Å². The summed E-state index contributed by atoms with van der Waals surface area (Å²) in [5.74, 6) is 1.83. The monoisotopic (exact) mass is 344 g/mol. The third-order valence-corrected chi connectivity index (χ3v) is 5.51. The third-order valence-electron chi connectivity index (χ3n) is 5.51. The van der Waals surface area contributed by atoms with Crippen LogP contribution >= 0.6 is 0 Å². The predicted octanol–water partition coefficient (Wildman–Crippen LogP) is 3.79. The van der Waals surface area contributed by atoms with Crippen LogP contribution in [0.5, 0.6) is 5.75 Å². The van der Waals surface area contributed by atoms with Crippen molar-refractivity contribution in [3.63, 3.8) is 0 Å². The smallest absolute Gasteiger partial charge is 0.220 e. The van der Waals surface area contributed by atoms with Crippen molar-refractivity contribution >= 4 is 5.91 Å². The molecule has 4 heteroatoms. The van der Waals surface area contributed by atoms with Gasteiger partial charge in [0.2, 0.25) is 5.91 Å². The number of ether oxygens (including phenoxy) is 1. The highest BCUT2D eigenvalue weighted by Crippen LogP contribution is 2.23. The van der Waals surface area contributed by atoms with E-state index in [4.69, 9.17) is 4.74 Å². The number of rotatable bonds is 7. The Balaban J connectivity index is 1.35. The molecule has 1 heterocycles. The van der Waals surface area contributed by atoms with Crippen LogP contribution in [0.4, 0.5) is 0 Å². The average Bonchev–Trinajstić information content (AvgIpc) is 2.67. The molecule has 25 heavy (non-hydrogen) atoms. The SMILES string of the molecule is O=C(CCC1CCNCC1)NCc1ccc(OC2CCCCC2)cc1. The van der Waals surface area contributed by atoms with E-state index in [9.17, 15) is 4.79 Å². The molecule has 1 aliphatic heterocycles. The molecule has 0 bridgehead atoms. The first-order chi connectivity index (χ1) is 12.3. The van der Waals surface area contributed by atoms with Crippen molar-refractivity contribution in [3.05, 3.63) is 29.8 Å². The molecular weight excluding hydrogens is 312 g/mol. The minimum absolute atomic E-state index is 0.168. The van der Waals surface area contributed by atoms with Gasteiger partial charge in [0, 0.05) is 13.0 Å². The van der Waals surface area contributed by atoms with E-state index in [0.29, 0.717) is 25.0 Å². The summed E-state index contributed by atoms with van der Waals surface area (Å²) in [7, 11) is 0. The molecule has 0 atom stereocenters. The van der Waals surface area contributed by atoms with E-state index in [2.05, 4.69) is 22.8 Å². The molecule has 1 saturated heterocycles. The van der Waals surface area contributed by atoms with Gasteiger partial charge in [0.25, 0.3) is 0 Å². The Bertz CT molecular complexity index is 517. The van der Waals surface area contributed by atoms with Gasteiger partial charge < -0.3 is 15.4 Å². The molecule has 0 radical (unpaired) electrons. The van der Waals surface area contributed by atoms with E-state index in [0.717, 1.165) is 30.8 Å². The van der Waals surface area contributed by atoms with Crippen LogP contribution in [0.2, 0.25) is 0 Å². The number of carbonyl (C=O) groups excluding carboxylic acids is 1. The first kappa shape index (κ1) is 18.2. The van der Waals surface area contributed by atoms with Gasteiger partial charge in [-0.25, -0.2) is 0 Å². The van der Waals surface area contributed by atoms with Crippen LogP contribution in [-0.4, -0.2) is 25.1 Å². The average molecular weight is 344 g/mol. The van der Waals surface area contributed by atoms with Crippen molar-refractivity contribution < 1.29 is 9.53 Å². The van der Waals surface area contributed by atoms with Gasteiger partial charge in [-0.1, -0.05) is 18.6 Å². The number of nitrogens with one attached hydrogen (secondary N) is 2. The fourth-order valence-electron chi connectivity index (χ4n) is 3.86. The van der Waals surface area contributed by atoms with E-state index < -0.39 is 0 Å². The zero-order valence-electron chi connectivity index (χ0n) is 15.3. The van der Waals surface area contributed by atoms with Crippen LogP contribution in [0.15, 0.2) is 24.3 Å². The van der Waals surface area contributed by atoms with Gasteiger partial charge in [-0.15, -0.1) is 0 Å². The lowest BCUT2D eigenvalue weighted by atomic mass is 9.93. The number of carbonyl (C=O) groups is 1. The number of amides is 1. The van der Waals surface area contributed by atoms with Crippen LogP contribution < -0.4 is 15.4 Å². The van der Waals surface area contributed by atoms with Crippen molar-refractivity contribution in [1.82, 2.24) is 10.6 Å². The van der Waals surface area contributed by atoms with E-state index in [-0.39, 0.29) is 5.91 Å². The molecule has 2 N–H and O–H groups in total. The molecule has 0 spiro atoms. The van der Waals surface area contributed by atoms with E-state index in [1.807, 2.05) is 12.1 Å². The third kappa shape index (κ3) is 6.35. The summed E-state index contributed by atoms with van der Waals surface area (Å²) in [6.07, 6.45) is 10.7. The second-order valence-corrected chi connectivity index (χ2v) is 7.53. The van der Waals surface area contributed by atoms with Gasteiger partial charge in [0.1, 0.15) is 5.75 Å². The highest BCUT2D eigenvalue weighted by molar-refractivity contribution is 5.75. The summed E-state index contributed by atoms with van der Waals surface area (Å²) >= 11 is 0. The molecular formula is C21H32N2O2. The lowest BCUT2D eigenvalue weighted by Gasteiger charge is -2.23. The van der Waals surface area contributed by atoms with Gasteiger partial charge in [-0.05, 0) is 81.6 Å². The van der Waals surface area contributed by atoms with Crippen molar-refractivity contribution in [2.24, 2.45) is 5.92 Å². The number of hydrogen-bond donors (Lipinski definition) is 2. The minimum atomic E-state index is 0.168. The second kappa shape index (κ2) is 9.81. The molecule has 3 rings (SSSR count). The highest BCUT2D eigenvalue weighted by atomic mass is 16.5. The maximum Gasteiger partial charge on any atom is 0.220 e. The highest BCUT2D eigenvalue weighted by Gasteiger charge is 2.15. The summed E-state index contributed by atoms with van der Waals surface area (Å²) in [4.78, 5) is 12.0. The Labute approximate surface area is 151 Å². The molecule has 2 aliphatic rings. The Kier molecular flexibility index (Phi) is 7.16. The molecule has 2 fully saturated rings. The molecule has 0 aromatic heterocycles. The van der Waals surface area contributed by atoms with Crippen molar-refractivity contribution in [3.8, 4) is 5.75 Å². The van der Waals surface area contributed by atoms with Crippen LogP contribution in [-0.2, 0) is 11.3 Å². The standard InChI is InChI=1S/C21H32N2O2/c24-21(11-8-17-12-14-22-15-13-17)23-16-18-6-9-20(10-7-18)25-19-4-2-1-3-5-19/h6-7,9-10,17,19,22H,1-5,8,11-16H2,(H,23,24). The molecule has 1 amide bonds. The van der Waals surface area contributed by atoms with Crippen LogP contribution in [0.1, 0.15) is 63.4 Å². The molecule has 1 saturated carbocycles. The lowest BCUT2D eigenvalue weighted by molar-refractivity contribution is -0.121. The molecule has 138 valence electrons. The zero-order valence-corrected chi connectivity index (χ0v) is 15.3. The van der Waals surface area contributed by atoms with E-state index >= 15 is 0 Å². The van der Waals surface area contributed by atoms with Crippen LogP contribution in [0, 0.1) is 5.92 Å². The molecule has 0 unspecified atom stereocenters. The Morgan fingerprint density at radius 2 is 1.76 bits per heavy atom. The Hall–Kier alpha value is -1.55. The van der Waals surface area contributed by atoms with Gasteiger partial charge in [-0.3, -0.25) is 4.79 Å². The maximum atomic E-state index is 12.0. The summed E-state index contributed by atoms with van der Waals surface area (Å²) < 4.78 is 6.05. The molecule has 1 aromatic carbocycles. The van der Waals surface area contributed by atoms with Gasteiger partial charge in [-0.2, -0.15) is 0 Å². The Morgan fingerprint density at radius 3 is 2.48 bits per heavy atom. The zero-order chi connectivity index (χ0) is 17.3. The second-order valence-electron chi connectivity index (χ2n) is 7.53. The topological polar surface area (TPSA) is 50.4 Å². The largest absolute Gasteiger partial charge is 0.490 e. The van der Waals surface area contributed by atoms with Gasteiger partial charge >= 0.3 is 0 Å². The fraction of sp³-hybridized carbons (Fsp3) is 0.667. The summed E-state index contributed by atoms with van der Waals surface area (Å²) in [6, 6.07) is 8.19. The van der Waals surface area contributed by atoms with E-state index in [1.54, 1.807) is 0 Å². The van der Waals surface area contributed by atoms with Crippen molar-refractivity contribution in [2.75, 3.05) is 13.1 Å². The minimum Gasteiger partial charge on any atom is -0.490 e. The number of benzene rings is 1. The molecule has 1 aliphatic carbocycles.